The molecule has 3 N–H and O–H groups in total. The van der Waals surface area contributed by atoms with Crippen molar-refractivity contribution >= 4 is 34.7 Å². The molecule has 0 spiro atoms. The molecule has 7 heteroatoms. The van der Waals surface area contributed by atoms with E-state index in [1.54, 1.807) is 6.20 Å². The average molecular weight is 439 g/mol. The highest BCUT2D eigenvalue weighted by Gasteiger charge is 2.07. The van der Waals surface area contributed by atoms with E-state index in [2.05, 4.69) is 37.8 Å². The van der Waals surface area contributed by atoms with Crippen molar-refractivity contribution in [2.45, 2.75) is 27.2 Å². The molecule has 0 aliphatic heterocycles. The van der Waals surface area contributed by atoms with Gasteiger partial charge >= 0.3 is 0 Å². The number of nitrogens with zero attached hydrogens (tertiary/aromatic N) is 3. The fourth-order valence-corrected chi connectivity index (χ4v) is 3.31. The van der Waals surface area contributed by atoms with Gasteiger partial charge in [0.1, 0.15) is 23.3 Å². The van der Waals surface area contributed by atoms with Crippen molar-refractivity contribution in [3.05, 3.63) is 95.4 Å². The predicted molar refractivity (Wildman–Crippen MR) is 133 cm³/mol. The van der Waals surface area contributed by atoms with Gasteiger partial charge in [-0.25, -0.2) is 15.0 Å². The number of aromatic nitrogens is 3. The summed E-state index contributed by atoms with van der Waals surface area (Å²) in [5.41, 5.74) is 4.51. The number of aryl methyl sites for hydroxylation is 3. The molecule has 2 heterocycles. The first-order valence-electron chi connectivity index (χ1n) is 10.8. The zero-order valence-electron chi connectivity index (χ0n) is 18.9. The Labute approximate surface area is 193 Å². The highest BCUT2D eigenvalue weighted by molar-refractivity contribution is 6.04. The Morgan fingerprint density at radius 1 is 0.788 bits per heavy atom. The number of carbonyl (C=O) groups is 1. The van der Waals surface area contributed by atoms with Crippen LogP contribution in [-0.4, -0.2) is 20.9 Å². The summed E-state index contributed by atoms with van der Waals surface area (Å²) in [6, 6.07) is 20.9. The monoisotopic (exact) mass is 438 g/mol. The van der Waals surface area contributed by atoms with Crippen molar-refractivity contribution in [1.29, 1.82) is 0 Å². The first kappa shape index (κ1) is 22.0. The molecule has 0 aliphatic rings. The van der Waals surface area contributed by atoms with Gasteiger partial charge in [0, 0.05) is 29.2 Å². The second kappa shape index (κ2) is 9.91. The summed E-state index contributed by atoms with van der Waals surface area (Å²) in [5.74, 6) is 2.54. The van der Waals surface area contributed by atoms with E-state index >= 15 is 0 Å². The van der Waals surface area contributed by atoms with Crippen LogP contribution in [-0.2, 0) is 6.42 Å². The fourth-order valence-electron chi connectivity index (χ4n) is 3.31. The Morgan fingerprint density at radius 3 is 2.12 bits per heavy atom. The van der Waals surface area contributed by atoms with Gasteiger partial charge in [-0.2, -0.15) is 0 Å². The third-order valence-corrected chi connectivity index (χ3v) is 5.05. The van der Waals surface area contributed by atoms with E-state index in [9.17, 15) is 4.79 Å². The Balaban J connectivity index is 1.42. The van der Waals surface area contributed by atoms with Gasteiger partial charge in [-0.3, -0.25) is 4.79 Å². The van der Waals surface area contributed by atoms with Crippen LogP contribution in [0.1, 0.15) is 34.2 Å². The third-order valence-electron chi connectivity index (χ3n) is 5.05. The van der Waals surface area contributed by atoms with Gasteiger partial charge in [0.25, 0.3) is 5.91 Å². The van der Waals surface area contributed by atoms with Crippen molar-refractivity contribution in [2.75, 3.05) is 16.0 Å². The van der Waals surface area contributed by atoms with Crippen LogP contribution in [0.5, 0.6) is 0 Å². The molecule has 0 atom stereocenters. The molecule has 0 saturated carbocycles. The molecule has 33 heavy (non-hydrogen) atoms. The number of rotatable bonds is 7. The molecule has 166 valence electrons. The van der Waals surface area contributed by atoms with E-state index in [4.69, 9.17) is 0 Å². The summed E-state index contributed by atoms with van der Waals surface area (Å²) in [4.78, 5) is 25.7. The average Bonchev–Trinajstić information content (AvgIpc) is 2.80. The van der Waals surface area contributed by atoms with Gasteiger partial charge in [-0.15, -0.1) is 0 Å². The molecular formula is C26H26N6O. The highest BCUT2D eigenvalue weighted by Crippen LogP contribution is 2.21. The number of hydrogen-bond acceptors (Lipinski definition) is 6. The van der Waals surface area contributed by atoms with Crippen molar-refractivity contribution in [1.82, 2.24) is 15.0 Å². The van der Waals surface area contributed by atoms with Crippen LogP contribution >= 0.6 is 0 Å². The number of benzene rings is 2. The maximum atomic E-state index is 12.5. The highest BCUT2D eigenvalue weighted by atomic mass is 16.1. The van der Waals surface area contributed by atoms with Gasteiger partial charge in [0.15, 0.2) is 0 Å². The summed E-state index contributed by atoms with van der Waals surface area (Å²) in [5, 5.41) is 9.43. The van der Waals surface area contributed by atoms with E-state index in [0.29, 0.717) is 23.0 Å². The second-order valence-corrected chi connectivity index (χ2v) is 7.74. The Kier molecular flexibility index (Phi) is 6.59. The zero-order chi connectivity index (χ0) is 23.2. The van der Waals surface area contributed by atoms with Crippen molar-refractivity contribution in [3.63, 3.8) is 0 Å². The smallest absolute Gasteiger partial charge is 0.255 e. The first-order valence-corrected chi connectivity index (χ1v) is 10.8. The standard InChI is InChI=1S/C26H26N6O/c1-4-19-5-7-20(8-6-19)26(33)31-22-11-9-21(10-12-22)30-24-16-25(29-18(3)28-24)32-23-15-17(2)13-14-27-23/h5-16H,4H2,1-3H3,(H,31,33)(H2,27,28,29,30,32). The van der Waals surface area contributed by atoms with Crippen LogP contribution in [0.4, 0.5) is 28.8 Å². The largest absolute Gasteiger partial charge is 0.340 e. The first-order chi connectivity index (χ1) is 16.0. The Hall–Kier alpha value is -4.26. The van der Waals surface area contributed by atoms with Gasteiger partial charge in [-0.1, -0.05) is 19.1 Å². The van der Waals surface area contributed by atoms with Crippen LogP contribution in [0.25, 0.3) is 0 Å². The molecule has 2 aromatic carbocycles. The minimum Gasteiger partial charge on any atom is -0.340 e. The summed E-state index contributed by atoms with van der Waals surface area (Å²) in [6.07, 6.45) is 2.70. The predicted octanol–water partition coefficient (Wildman–Crippen LogP) is 5.79. The van der Waals surface area contributed by atoms with Crippen LogP contribution in [0.15, 0.2) is 72.9 Å². The molecule has 0 saturated heterocycles. The van der Waals surface area contributed by atoms with Crippen LogP contribution in [0, 0.1) is 13.8 Å². The topological polar surface area (TPSA) is 91.8 Å². The van der Waals surface area contributed by atoms with E-state index in [1.807, 2.05) is 80.6 Å². The maximum Gasteiger partial charge on any atom is 0.255 e. The van der Waals surface area contributed by atoms with Crippen LogP contribution in [0.2, 0.25) is 0 Å². The molecular weight excluding hydrogens is 412 g/mol. The Morgan fingerprint density at radius 2 is 1.45 bits per heavy atom. The van der Waals surface area contributed by atoms with Crippen molar-refractivity contribution in [3.8, 4) is 0 Å². The second-order valence-electron chi connectivity index (χ2n) is 7.74. The lowest BCUT2D eigenvalue weighted by Gasteiger charge is -2.11. The molecule has 4 rings (SSSR count). The minimum atomic E-state index is -0.134. The molecule has 2 aromatic heterocycles. The lowest BCUT2D eigenvalue weighted by molar-refractivity contribution is 0.102. The number of hydrogen-bond donors (Lipinski definition) is 3. The number of pyridine rings is 1. The number of anilines is 5. The van der Waals surface area contributed by atoms with E-state index < -0.39 is 0 Å². The lowest BCUT2D eigenvalue weighted by atomic mass is 10.1. The fraction of sp³-hybridized carbons (Fsp3) is 0.154. The molecule has 1 amide bonds. The van der Waals surface area contributed by atoms with Gasteiger partial charge in [-0.05, 0) is 79.9 Å². The van der Waals surface area contributed by atoms with Crippen molar-refractivity contribution < 1.29 is 4.79 Å². The summed E-state index contributed by atoms with van der Waals surface area (Å²) in [7, 11) is 0. The molecule has 0 radical (unpaired) electrons. The van der Waals surface area contributed by atoms with Gasteiger partial charge in [0.2, 0.25) is 0 Å². The quantitative estimate of drug-likeness (QED) is 0.338. The maximum absolute atomic E-state index is 12.5. The number of nitrogens with one attached hydrogen (secondary N) is 3. The van der Waals surface area contributed by atoms with E-state index in [1.165, 1.54) is 5.56 Å². The van der Waals surface area contributed by atoms with E-state index in [-0.39, 0.29) is 5.91 Å². The number of amides is 1. The number of carbonyl (C=O) groups excluding carboxylic acids is 1. The van der Waals surface area contributed by atoms with E-state index in [0.717, 1.165) is 29.2 Å². The molecule has 0 fully saturated rings. The molecule has 0 bridgehead atoms. The molecule has 4 aromatic rings. The Bertz CT molecular complexity index is 1250. The summed E-state index contributed by atoms with van der Waals surface area (Å²) < 4.78 is 0. The minimum absolute atomic E-state index is 0.134. The molecule has 0 unspecified atom stereocenters. The van der Waals surface area contributed by atoms with Crippen molar-refractivity contribution in [2.24, 2.45) is 0 Å². The normalized spacial score (nSPS) is 10.5. The van der Waals surface area contributed by atoms with Gasteiger partial charge < -0.3 is 16.0 Å². The SMILES string of the molecule is CCc1ccc(C(=O)Nc2ccc(Nc3cc(Nc4cc(C)ccn4)nc(C)n3)cc2)cc1. The summed E-state index contributed by atoms with van der Waals surface area (Å²) >= 11 is 0. The van der Waals surface area contributed by atoms with Gasteiger partial charge in [0.05, 0.1) is 0 Å². The third kappa shape index (κ3) is 5.92. The zero-order valence-corrected chi connectivity index (χ0v) is 18.9. The van der Waals surface area contributed by atoms with Crippen LogP contribution in [0.3, 0.4) is 0 Å². The molecule has 0 aliphatic carbocycles. The molecule has 7 nitrogen and oxygen atoms in total. The lowest BCUT2D eigenvalue weighted by Crippen LogP contribution is -2.11. The summed E-state index contributed by atoms with van der Waals surface area (Å²) in [6.45, 7) is 5.94. The van der Waals surface area contributed by atoms with Crippen LogP contribution < -0.4 is 16.0 Å².